The molecule has 0 spiro atoms. The molecule has 0 aliphatic carbocycles. The molecule has 1 aromatic rings. The molecule has 1 amide bonds. The highest BCUT2D eigenvalue weighted by Gasteiger charge is 2.15. The van der Waals surface area contributed by atoms with Crippen LogP contribution < -0.4 is 14.8 Å². The summed E-state index contributed by atoms with van der Waals surface area (Å²) in [6.07, 6.45) is 3.76. The van der Waals surface area contributed by atoms with Gasteiger partial charge >= 0.3 is 5.97 Å². The van der Waals surface area contributed by atoms with E-state index in [9.17, 15) is 9.59 Å². The lowest BCUT2D eigenvalue weighted by Gasteiger charge is -2.11. The number of nitrogens with one attached hydrogen (secondary N) is 1. The Bertz CT molecular complexity index is 611. The van der Waals surface area contributed by atoms with Gasteiger partial charge in [-0.25, -0.2) is 4.79 Å². The summed E-state index contributed by atoms with van der Waals surface area (Å²) >= 11 is 0. The summed E-state index contributed by atoms with van der Waals surface area (Å²) in [5.41, 5.74) is 0.791. The molecule has 1 aromatic carbocycles. The van der Waals surface area contributed by atoms with Crippen molar-refractivity contribution in [3.05, 3.63) is 29.8 Å². The van der Waals surface area contributed by atoms with Crippen molar-refractivity contribution in [2.75, 3.05) is 19.8 Å². The van der Waals surface area contributed by atoms with Crippen LogP contribution in [0.1, 0.15) is 32.3 Å². The zero-order valence-corrected chi connectivity index (χ0v) is 14.0. The van der Waals surface area contributed by atoms with Crippen LogP contribution in [-0.4, -0.2) is 37.7 Å². The number of carbonyl (C=O) groups is 2. The van der Waals surface area contributed by atoms with E-state index in [1.807, 2.05) is 25.1 Å². The standard InChI is InChI=1S/C18H23NO5/c1-3-9-19-18(21)13(2)24-17(20)8-6-14-5-7-15-16(12-14)23-11-4-10-22-15/h5-8,12-13H,3-4,9-11H2,1-2H3,(H,19,21)/b8-6+/t13-/m0/s1. The van der Waals surface area contributed by atoms with Crippen LogP contribution in [0, 0.1) is 0 Å². The minimum absolute atomic E-state index is 0.297. The van der Waals surface area contributed by atoms with Gasteiger partial charge in [-0.05, 0) is 37.1 Å². The van der Waals surface area contributed by atoms with E-state index in [2.05, 4.69) is 5.32 Å². The number of fused-ring (bicyclic) bond motifs is 1. The fourth-order valence-electron chi connectivity index (χ4n) is 2.11. The third-order valence-electron chi connectivity index (χ3n) is 3.39. The van der Waals surface area contributed by atoms with Crippen molar-refractivity contribution in [1.29, 1.82) is 0 Å². The zero-order valence-electron chi connectivity index (χ0n) is 14.0. The van der Waals surface area contributed by atoms with E-state index < -0.39 is 12.1 Å². The van der Waals surface area contributed by atoms with Crippen LogP contribution in [0.25, 0.3) is 6.08 Å². The van der Waals surface area contributed by atoms with Gasteiger partial charge in [-0.15, -0.1) is 0 Å². The summed E-state index contributed by atoms with van der Waals surface area (Å²) < 4.78 is 16.2. The average molecular weight is 333 g/mol. The first-order chi connectivity index (χ1) is 11.6. The topological polar surface area (TPSA) is 73.9 Å². The highest BCUT2D eigenvalue weighted by atomic mass is 16.5. The van der Waals surface area contributed by atoms with Crippen LogP contribution in [0.5, 0.6) is 11.5 Å². The number of benzene rings is 1. The van der Waals surface area contributed by atoms with Crippen molar-refractivity contribution in [2.45, 2.75) is 32.8 Å². The van der Waals surface area contributed by atoms with E-state index >= 15 is 0 Å². The van der Waals surface area contributed by atoms with Gasteiger partial charge in [0.2, 0.25) is 0 Å². The molecule has 0 unspecified atom stereocenters. The molecule has 130 valence electrons. The molecule has 1 heterocycles. The normalized spacial score (nSPS) is 14.8. The van der Waals surface area contributed by atoms with Crippen molar-refractivity contribution < 1.29 is 23.8 Å². The Morgan fingerprint density at radius 1 is 1.29 bits per heavy atom. The lowest BCUT2D eigenvalue weighted by atomic mass is 10.2. The molecule has 0 saturated carbocycles. The van der Waals surface area contributed by atoms with Gasteiger partial charge < -0.3 is 19.5 Å². The molecule has 24 heavy (non-hydrogen) atoms. The van der Waals surface area contributed by atoms with E-state index in [1.54, 1.807) is 13.0 Å². The summed E-state index contributed by atoms with van der Waals surface area (Å²) in [6, 6.07) is 5.45. The average Bonchev–Trinajstić information content (AvgIpc) is 2.82. The maximum Gasteiger partial charge on any atom is 0.331 e. The van der Waals surface area contributed by atoms with E-state index in [-0.39, 0.29) is 5.91 Å². The van der Waals surface area contributed by atoms with Gasteiger partial charge in [0.15, 0.2) is 17.6 Å². The first kappa shape index (κ1) is 17.8. The van der Waals surface area contributed by atoms with E-state index in [1.165, 1.54) is 6.08 Å². The van der Waals surface area contributed by atoms with Crippen LogP contribution in [0.15, 0.2) is 24.3 Å². The van der Waals surface area contributed by atoms with Crippen molar-refractivity contribution in [1.82, 2.24) is 5.32 Å². The van der Waals surface area contributed by atoms with Crippen LogP contribution in [-0.2, 0) is 14.3 Å². The van der Waals surface area contributed by atoms with E-state index in [0.29, 0.717) is 31.3 Å². The Morgan fingerprint density at radius 3 is 2.79 bits per heavy atom. The number of hydrogen-bond donors (Lipinski definition) is 1. The Balaban J connectivity index is 1.91. The first-order valence-electron chi connectivity index (χ1n) is 8.16. The maximum atomic E-state index is 11.8. The summed E-state index contributed by atoms with van der Waals surface area (Å²) in [4.78, 5) is 23.5. The monoisotopic (exact) mass is 333 g/mol. The Labute approximate surface area is 141 Å². The highest BCUT2D eigenvalue weighted by Crippen LogP contribution is 2.30. The number of ether oxygens (including phenoxy) is 3. The molecule has 0 bridgehead atoms. The smallest absolute Gasteiger partial charge is 0.331 e. The molecule has 1 N–H and O–H groups in total. The first-order valence-corrected chi connectivity index (χ1v) is 8.16. The number of esters is 1. The molecule has 0 fully saturated rings. The van der Waals surface area contributed by atoms with Gasteiger partial charge in [0.05, 0.1) is 13.2 Å². The largest absolute Gasteiger partial charge is 0.490 e. The molecular weight excluding hydrogens is 310 g/mol. The second kappa shape index (κ2) is 8.96. The predicted molar refractivity (Wildman–Crippen MR) is 89.9 cm³/mol. The Morgan fingerprint density at radius 2 is 2.04 bits per heavy atom. The molecule has 6 heteroatoms. The summed E-state index contributed by atoms with van der Waals surface area (Å²) in [5, 5.41) is 2.68. The maximum absolute atomic E-state index is 11.8. The quantitative estimate of drug-likeness (QED) is 0.639. The number of hydrogen-bond acceptors (Lipinski definition) is 5. The summed E-state index contributed by atoms with van der Waals surface area (Å²) in [6.45, 7) is 5.30. The van der Waals surface area contributed by atoms with Crippen molar-refractivity contribution >= 4 is 18.0 Å². The molecule has 1 aliphatic rings. The van der Waals surface area contributed by atoms with E-state index in [4.69, 9.17) is 14.2 Å². The number of carbonyl (C=O) groups excluding carboxylic acids is 2. The van der Waals surface area contributed by atoms with Crippen LogP contribution in [0.3, 0.4) is 0 Å². The van der Waals surface area contributed by atoms with Crippen LogP contribution in [0.2, 0.25) is 0 Å². The molecule has 6 nitrogen and oxygen atoms in total. The van der Waals surface area contributed by atoms with Gasteiger partial charge in [-0.2, -0.15) is 0 Å². The molecule has 0 radical (unpaired) electrons. The van der Waals surface area contributed by atoms with Crippen LogP contribution >= 0.6 is 0 Å². The SMILES string of the molecule is CCCNC(=O)[C@H](C)OC(=O)/C=C/c1ccc2c(c1)OCCCO2. The van der Waals surface area contributed by atoms with Crippen molar-refractivity contribution in [2.24, 2.45) is 0 Å². The Hall–Kier alpha value is -2.50. The van der Waals surface area contributed by atoms with Gasteiger partial charge in [0, 0.05) is 19.0 Å². The minimum Gasteiger partial charge on any atom is -0.490 e. The van der Waals surface area contributed by atoms with Crippen molar-refractivity contribution in [3.8, 4) is 11.5 Å². The molecule has 1 atom stereocenters. The lowest BCUT2D eigenvalue weighted by Crippen LogP contribution is -2.35. The van der Waals surface area contributed by atoms with Gasteiger partial charge in [-0.3, -0.25) is 4.79 Å². The molecule has 2 rings (SSSR count). The summed E-state index contributed by atoms with van der Waals surface area (Å²) in [5.74, 6) is 0.499. The second-order valence-electron chi connectivity index (χ2n) is 5.46. The fourth-order valence-corrected chi connectivity index (χ4v) is 2.11. The lowest BCUT2D eigenvalue weighted by molar-refractivity contribution is -0.150. The number of rotatable bonds is 6. The third kappa shape index (κ3) is 5.30. The Kier molecular flexibility index (Phi) is 6.66. The van der Waals surface area contributed by atoms with Gasteiger partial charge in [0.1, 0.15) is 0 Å². The summed E-state index contributed by atoms with van der Waals surface area (Å²) in [7, 11) is 0. The van der Waals surface area contributed by atoms with Crippen LogP contribution in [0.4, 0.5) is 0 Å². The highest BCUT2D eigenvalue weighted by molar-refractivity contribution is 5.90. The molecule has 0 aromatic heterocycles. The molecule has 0 saturated heterocycles. The second-order valence-corrected chi connectivity index (χ2v) is 5.46. The predicted octanol–water partition coefficient (Wildman–Crippen LogP) is 2.32. The minimum atomic E-state index is -0.822. The van der Waals surface area contributed by atoms with Crippen molar-refractivity contribution in [3.63, 3.8) is 0 Å². The number of amides is 1. The fraction of sp³-hybridized carbons (Fsp3) is 0.444. The third-order valence-corrected chi connectivity index (χ3v) is 3.39. The van der Waals surface area contributed by atoms with Gasteiger partial charge in [0.25, 0.3) is 5.91 Å². The van der Waals surface area contributed by atoms with E-state index in [0.717, 1.165) is 18.4 Å². The van der Waals surface area contributed by atoms with Gasteiger partial charge in [-0.1, -0.05) is 13.0 Å². The molecular formula is C18H23NO5. The zero-order chi connectivity index (χ0) is 17.4. The molecule has 1 aliphatic heterocycles.